The Morgan fingerprint density at radius 3 is 2.21 bits per heavy atom. The van der Waals surface area contributed by atoms with Crippen LogP contribution < -0.4 is 4.74 Å². The van der Waals surface area contributed by atoms with Crippen molar-refractivity contribution in [3.8, 4) is 5.75 Å². The molecule has 0 N–H and O–H groups in total. The van der Waals surface area contributed by atoms with E-state index in [0.717, 1.165) is 26.0 Å². The number of methoxy groups -OCH3 is 1. The predicted octanol–water partition coefficient (Wildman–Crippen LogP) is 4.15. The molecule has 0 fully saturated rings. The van der Waals surface area contributed by atoms with Crippen LogP contribution in [-0.2, 0) is 0 Å². The standard InChI is InChI=1S/C16H15IO2/c1-10-7-13(8-11(2)16(10)19-3)15(18)12-5-4-6-14(17)9-12/h4-9H,1-3H3. The van der Waals surface area contributed by atoms with Gasteiger partial charge in [-0.1, -0.05) is 12.1 Å². The SMILES string of the molecule is COc1c(C)cc(C(=O)c2cccc(I)c2)cc1C. The van der Waals surface area contributed by atoms with Crippen LogP contribution in [-0.4, -0.2) is 12.9 Å². The molecule has 0 aromatic heterocycles. The minimum Gasteiger partial charge on any atom is -0.496 e. The average molecular weight is 366 g/mol. The zero-order valence-electron chi connectivity index (χ0n) is 11.2. The summed E-state index contributed by atoms with van der Waals surface area (Å²) in [4.78, 5) is 12.5. The maximum Gasteiger partial charge on any atom is 0.193 e. The van der Waals surface area contributed by atoms with Gasteiger partial charge in [0.1, 0.15) is 5.75 Å². The Hall–Kier alpha value is -1.36. The van der Waals surface area contributed by atoms with Crippen LogP contribution in [0.5, 0.6) is 5.75 Å². The quantitative estimate of drug-likeness (QED) is 0.603. The second kappa shape index (κ2) is 5.74. The van der Waals surface area contributed by atoms with Crippen molar-refractivity contribution in [1.29, 1.82) is 0 Å². The highest BCUT2D eigenvalue weighted by molar-refractivity contribution is 14.1. The number of halogens is 1. The lowest BCUT2D eigenvalue weighted by Crippen LogP contribution is -2.03. The third kappa shape index (κ3) is 2.97. The van der Waals surface area contributed by atoms with Gasteiger partial charge < -0.3 is 4.74 Å². The Morgan fingerprint density at radius 1 is 1.05 bits per heavy atom. The molecule has 0 aliphatic heterocycles. The summed E-state index contributed by atoms with van der Waals surface area (Å²) in [6.07, 6.45) is 0. The molecule has 19 heavy (non-hydrogen) atoms. The van der Waals surface area contributed by atoms with E-state index >= 15 is 0 Å². The summed E-state index contributed by atoms with van der Waals surface area (Å²) in [5.41, 5.74) is 3.39. The number of ketones is 1. The third-order valence-corrected chi connectivity index (χ3v) is 3.68. The monoisotopic (exact) mass is 366 g/mol. The maximum atomic E-state index is 12.5. The van der Waals surface area contributed by atoms with Gasteiger partial charge in [-0.15, -0.1) is 0 Å². The van der Waals surface area contributed by atoms with Gasteiger partial charge in [-0.05, 0) is 71.8 Å². The molecule has 2 rings (SSSR count). The molecule has 3 heteroatoms. The number of hydrogen-bond acceptors (Lipinski definition) is 2. The largest absolute Gasteiger partial charge is 0.496 e. The van der Waals surface area contributed by atoms with Crippen molar-refractivity contribution in [3.05, 3.63) is 62.2 Å². The Kier molecular flexibility index (Phi) is 4.24. The van der Waals surface area contributed by atoms with E-state index in [9.17, 15) is 4.79 Å². The normalized spacial score (nSPS) is 10.3. The van der Waals surface area contributed by atoms with Gasteiger partial charge in [0.2, 0.25) is 0 Å². The van der Waals surface area contributed by atoms with Gasteiger partial charge in [-0.3, -0.25) is 4.79 Å². The van der Waals surface area contributed by atoms with Gasteiger partial charge in [-0.2, -0.15) is 0 Å². The first kappa shape index (κ1) is 14.1. The minimum absolute atomic E-state index is 0.0485. The Bertz CT molecular complexity index is 609. The smallest absolute Gasteiger partial charge is 0.193 e. The Morgan fingerprint density at radius 2 is 1.68 bits per heavy atom. The number of rotatable bonds is 3. The van der Waals surface area contributed by atoms with Crippen molar-refractivity contribution in [3.63, 3.8) is 0 Å². The van der Waals surface area contributed by atoms with Gasteiger partial charge in [0.05, 0.1) is 7.11 Å². The molecular formula is C16H15IO2. The topological polar surface area (TPSA) is 26.3 Å². The number of hydrogen-bond donors (Lipinski definition) is 0. The molecule has 0 aliphatic rings. The van der Waals surface area contributed by atoms with Crippen molar-refractivity contribution >= 4 is 28.4 Å². The first-order valence-corrected chi connectivity index (χ1v) is 7.06. The number of carbonyl (C=O) groups excluding carboxylic acids is 1. The fourth-order valence-electron chi connectivity index (χ4n) is 2.20. The van der Waals surface area contributed by atoms with Crippen LogP contribution in [0.4, 0.5) is 0 Å². The number of aryl methyl sites for hydroxylation is 2. The molecule has 2 aromatic carbocycles. The number of ether oxygens (including phenoxy) is 1. The minimum atomic E-state index is 0.0485. The molecule has 0 saturated heterocycles. The first-order chi connectivity index (χ1) is 9.02. The summed E-state index contributed by atoms with van der Waals surface area (Å²) >= 11 is 2.21. The molecule has 0 bridgehead atoms. The molecule has 2 aromatic rings. The summed E-state index contributed by atoms with van der Waals surface area (Å²) in [6.45, 7) is 3.91. The molecule has 0 aliphatic carbocycles. The van der Waals surface area contributed by atoms with E-state index in [1.54, 1.807) is 7.11 Å². The highest BCUT2D eigenvalue weighted by Gasteiger charge is 2.13. The van der Waals surface area contributed by atoms with E-state index in [4.69, 9.17) is 4.74 Å². The lowest BCUT2D eigenvalue weighted by atomic mass is 9.98. The van der Waals surface area contributed by atoms with Crippen LogP contribution in [0, 0.1) is 17.4 Å². The lowest BCUT2D eigenvalue weighted by molar-refractivity contribution is 0.103. The molecule has 0 amide bonds. The predicted molar refractivity (Wildman–Crippen MR) is 85.1 cm³/mol. The summed E-state index contributed by atoms with van der Waals surface area (Å²) in [5.74, 6) is 0.895. The highest BCUT2D eigenvalue weighted by Crippen LogP contribution is 2.25. The van der Waals surface area contributed by atoms with Crippen molar-refractivity contribution in [1.82, 2.24) is 0 Å². The van der Waals surface area contributed by atoms with E-state index in [2.05, 4.69) is 22.6 Å². The van der Waals surface area contributed by atoms with Crippen molar-refractivity contribution in [2.75, 3.05) is 7.11 Å². The first-order valence-electron chi connectivity index (χ1n) is 5.98. The molecule has 0 spiro atoms. The Labute approximate surface area is 126 Å². The zero-order valence-corrected chi connectivity index (χ0v) is 13.3. The van der Waals surface area contributed by atoms with E-state index in [-0.39, 0.29) is 5.78 Å². The van der Waals surface area contributed by atoms with Crippen molar-refractivity contribution < 1.29 is 9.53 Å². The van der Waals surface area contributed by atoms with Crippen molar-refractivity contribution in [2.24, 2.45) is 0 Å². The van der Waals surface area contributed by atoms with Crippen LogP contribution in [0.1, 0.15) is 27.0 Å². The number of carbonyl (C=O) groups is 1. The molecule has 98 valence electrons. The molecule has 0 unspecified atom stereocenters. The van der Waals surface area contributed by atoms with Gasteiger partial charge in [0.15, 0.2) is 5.78 Å². The Balaban J connectivity index is 2.45. The van der Waals surface area contributed by atoms with Crippen LogP contribution in [0.3, 0.4) is 0 Å². The summed E-state index contributed by atoms with van der Waals surface area (Å²) < 4.78 is 6.38. The number of benzene rings is 2. The fraction of sp³-hybridized carbons (Fsp3) is 0.188. The maximum absolute atomic E-state index is 12.5. The van der Waals surface area contributed by atoms with Crippen LogP contribution in [0.15, 0.2) is 36.4 Å². The summed E-state index contributed by atoms with van der Waals surface area (Å²) in [7, 11) is 1.65. The van der Waals surface area contributed by atoms with E-state index in [0.29, 0.717) is 5.56 Å². The fourth-order valence-corrected chi connectivity index (χ4v) is 2.74. The summed E-state index contributed by atoms with van der Waals surface area (Å²) in [5, 5.41) is 0. The highest BCUT2D eigenvalue weighted by atomic mass is 127. The average Bonchev–Trinajstić information content (AvgIpc) is 2.37. The van der Waals surface area contributed by atoms with Gasteiger partial charge in [0.25, 0.3) is 0 Å². The zero-order chi connectivity index (χ0) is 14.0. The van der Waals surface area contributed by atoms with Gasteiger partial charge in [-0.25, -0.2) is 0 Å². The molecule has 0 saturated carbocycles. The third-order valence-electron chi connectivity index (χ3n) is 3.01. The molecule has 2 nitrogen and oxygen atoms in total. The molecular weight excluding hydrogens is 351 g/mol. The molecule has 0 radical (unpaired) electrons. The van der Waals surface area contributed by atoms with Crippen LogP contribution in [0.25, 0.3) is 0 Å². The second-order valence-corrected chi connectivity index (χ2v) is 5.73. The molecule has 0 heterocycles. The van der Waals surface area contributed by atoms with Crippen LogP contribution in [0.2, 0.25) is 0 Å². The van der Waals surface area contributed by atoms with Crippen LogP contribution >= 0.6 is 22.6 Å². The van der Waals surface area contributed by atoms with E-state index < -0.39 is 0 Å². The lowest BCUT2D eigenvalue weighted by Gasteiger charge is -2.11. The molecule has 0 atom stereocenters. The van der Waals surface area contributed by atoms with Crippen molar-refractivity contribution in [2.45, 2.75) is 13.8 Å². The van der Waals surface area contributed by atoms with Gasteiger partial charge in [0, 0.05) is 14.7 Å². The van der Waals surface area contributed by atoms with E-state index in [1.165, 1.54) is 0 Å². The second-order valence-electron chi connectivity index (χ2n) is 4.48. The summed E-state index contributed by atoms with van der Waals surface area (Å²) in [6, 6.07) is 11.4. The van der Waals surface area contributed by atoms with E-state index in [1.807, 2.05) is 50.2 Å². The van der Waals surface area contributed by atoms with Gasteiger partial charge >= 0.3 is 0 Å².